The number of alkyl halides is 2. The van der Waals surface area contributed by atoms with Crippen LogP contribution in [0.25, 0.3) is 0 Å². The van der Waals surface area contributed by atoms with Crippen molar-refractivity contribution in [1.82, 2.24) is 0 Å². The van der Waals surface area contributed by atoms with Gasteiger partial charge in [0.25, 0.3) is 5.02 Å². The maximum Gasteiger partial charge on any atom is 0.340 e. The number of hydrogen-bond acceptors (Lipinski definition) is 3. The fraction of sp³-hybridized carbons (Fsp3) is 0.111. The fourth-order valence-electron chi connectivity index (χ4n) is 0.898. The summed E-state index contributed by atoms with van der Waals surface area (Å²) < 4.78 is 4.48. The molecule has 1 N–H and O–H groups in total. The zero-order valence-electron chi connectivity index (χ0n) is 7.31. The molecule has 0 aliphatic heterocycles. The van der Waals surface area contributed by atoms with Crippen molar-refractivity contribution in [1.29, 1.82) is 0 Å². The van der Waals surface area contributed by atoms with Gasteiger partial charge in [0.1, 0.15) is 0 Å². The summed E-state index contributed by atoms with van der Waals surface area (Å²) in [4.78, 5) is 21.7. The molecule has 0 saturated carbocycles. The van der Waals surface area contributed by atoms with E-state index in [4.69, 9.17) is 28.3 Å². The van der Waals surface area contributed by atoms with Crippen LogP contribution in [-0.4, -0.2) is 22.1 Å². The number of hydrogen-bond donors (Lipinski definition) is 1. The van der Waals surface area contributed by atoms with E-state index in [-0.39, 0.29) is 11.1 Å². The van der Waals surface area contributed by atoms with Gasteiger partial charge in [0.15, 0.2) is 0 Å². The van der Waals surface area contributed by atoms with Gasteiger partial charge >= 0.3 is 11.9 Å². The molecule has 0 bridgehead atoms. The maximum absolute atomic E-state index is 11.2. The normalized spacial score (nSPS) is 10.1. The summed E-state index contributed by atoms with van der Waals surface area (Å²) in [6.45, 7) is 0. The lowest BCUT2D eigenvalue weighted by atomic mass is 10.1. The standard InChI is InChI=1S/C9H6Cl2O4/c10-9(11)15-8(14)6-3-1-5(2-4-6)7(12)13/h1-4,9H,(H,12,13). The van der Waals surface area contributed by atoms with Gasteiger partial charge in [0, 0.05) is 0 Å². The first-order valence-corrected chi connectivity index (χ1v) is 4.70. The van der Waals surface area contributed by atoms with Crippen LogP contribution in [0.4, 0.5) is 0 Å². The number of esters is 1. The number of carbonyl (C=O) groups is 2. The molecule has 0 aliphatic rings. The molecule has 0 saturated heterocycles. The van der Waals surface area contributed by atoms with Crippen LogP contribution in [-0.2, 0) is 4.74 Å². The van der Waals surface area contributed by atoms with Crippen molar-refractivity contribution in [2.75, 3.05) is 0 Å². The molecule has 0 amide bonds. The van der Waals surface area contributed by atoms with E-state index in [1.54, 1.807) is 0 Å². The Bertz CT molecular complexity index is 372. The predicted molar refractivity (Wildman–Crippen MR) is 54.3 cm³/mol. The number of rotatable bonds is 3. The minimum absolute atomic E-state index is 0.0832. The molecule has 0 aromatic heterocycles. The summed E-state index contributed by atoms with van der Waals surface area (Å²) in [5.41, 5.74) is 0.270. The number of aromatic carboxylic acids is 1. The third-order valence-corrected chi connectivity index (χ3v) is 1.74. The van der Waals surface area contributed by atoms with Crippen molar-refractivity contribution in [3.05, 3.63) is 35.4 Å². The zero-order valence-corrected chi connectivity index (χ0v) is 8.83. The van der Waals surface area contributed by atoms with Crippen molar-refractivity contribution in [2.24, 2.45) is 0 Å². The topological polar surface area (TPSA) is 63.6 Å². The van der Waals surface area contributed by atoms with E-state index in [0.29, 0.717) is 0 Å². The summed E-state index contributed by atoms with van der Waals surface area (Å²) in [5.74, 6) is -1.77. The highest BCUT2D eigenvalue weighted by atomic mass is 35.5. The van der Waals surface area contributed by atoms with Gasteiger partial charge < -0.3 is 9.84 Å². The Balaban J connectivity index is 2.80. The average molecular weight is 249 g/mol. The molecule has 0 fully saturated rings. The lowest BCUT2D eigenvalue weighted by Crippen LogP contribution is -2.08. The molecule has 15 heavy (non-hydrogen) atoms. The minimum atomic E-state index is -1.24. The van der Waals surface area contributed by atoms with Crippen molar-refractivity contribution >= 4 is 35.1 Å². The molecular formula is C9H6Cl2O4. The van der Waals surface area contributed by atoms with E-state index < -0.39 is 17.0 Å². The second-order valence-corrected chi connectivity index (χ2v) is 3.56. The summed E-state index contributed by atoms with van der Waals surface area (Å²) in [5, 5.41) is 7.36. The van der Waals surface area contributed by atoms with E-state index >= 15 is 0 Å². The Morgan fingerprint density at radius 1 is 1.13 bits per heavy atom. The van der Waals surface area contributed by atoms with Gasteiger partial charge in [-0.05, 0) is 24.3 Å². The van der Waals surface area contributed by atoms with E-state index in [9.17, 15) is 9.59 Å². The third kappa shape index (κ3) is 3.42. The number of benzene rings is 1. The predicted octanol–water partition coefficient (Wildman–Crippen LogP) is 2.30. The fourth-order valence-corrected chi connectivity index (χ4v) is 1.06. The Morgan fingerprint density at radius 2 is 1.60 bits per heavy atom. The second-order valence-electron chi connectivity index (χ2n) is 2.55. The van der Waals surface area contributed by atoms with Gasteiger partial charge in [0.2, 0.25) is 0 Å². The average Bonchev–Trinajstić information content (AvgIpc) is 2.17. The van der Waals surface area contributed by atoms with Crippen LogP contribution >= 0.6 is 23.2 Å². The second kappa shape index (κ2) is 5.00. The van der Waals surface area contributed by atoms with Crippen molar-refractivity contribution in [2.45, 2.75) is 5.02 Å². The molecule has 0 radical (unpaired) electrons. The molecule has 0 spiro atoms. The molecule has 6 heteroatoms. The Kier molecular flexibility index (Phi) is 3.94. The molecule has 0 unspecified atom stereocenters. The SMILES string of the molecule is O=C(O)c1ccc(C(=O)OC(Cl)Cl)cc1. The lowest BCUT2D eigenvalue weighted by Gasteiger charge is -2.04. The summed E-state index contributed by atoms with van der Waals surface area (Å²) in [6, 6.07) is 5.22. The quantitative estimate of drug-likeness (QED) is 0.659. The van der Waals surface area contributed by atoms with E-state index in [1.165, 1.54) is 24.3 Å². The highest BCUT2D eigenvalue weighted by Gasteiger charge is 2.11. The van der Waals surface area contributed by atoms with E-state index in [2.05, 4.69) is 4.74 Å². The van der Waals surface area contributed by atoms with Gasteiger partial charge in [0.05, 0.1) is 11.1 Å². The summed E-state index contributed by atoms with van der Waals surface area (Å²) >= 11 is 10.5. The number of carbonyl (C=O) groups excluding carboxylic acids is 1. The largest absolute Gasteiger partial charge is 0.478 e. The third-order valence-electron chi connectivity index (χ3n) is 1.56. The first-order chi connectivity index (χ1) is 7.00. The zero-order chi connectivity index (χ0) is 11.4. The molecular weight excluding hydrogens is 243 g/mol. The number of halogens is 2. The van der Waals surface area contributed by atoms with Gasteiger partial charge in [-0.2, -0.15) is 0 Å². The first-order valence-electron chi connectivity index (χ1n) is 3.83. The lowest BCUT2D eigenvalue weighted by molar-refractivity contribution is 0.0534. The molecule has 0 aliphatic carbocycles. The Labute approximate surface area is 95.4 Å². The van der Waals surface area contributed by atoms with Gasteiger partial charge in [-0.25, -0.2) is 9.59 Å². The molecule has 1 aromatic rings. The van der Waals surface area contributed by atoms with Crippen molar-refractivity contribution in [3.8, 4) is 0 Å². The van der Waals surface area contributed by atoms with Crippen LogP contribution in [0, 0.1) is 0 Å². The van der Waals surface area contributed by atoms with Gasteiger partial charge in [-0.15, -0.1) is 0 Å². The Morgan fingerprint density at radius 3 is 2.00 bits per heavy atom. The summed E-state index contributed by atoms with van der Waals surface area (Å²) in [6.07, 6.45) is 0. The highest BCUT2D eigenvalue weighted by molar-refractivity contribution is 6.43. The van der Waals surface area contributed by atoms with Gasteiger partial charge in [-0.3, -0.25) is 0 Å². The van der Waals surface area contributed by atoms with E-state index in [1.807, 2.05) is 0 Å². The first kappa shape index (κ1) is 11.8. The molecule has 4 nitrogen and oxygen atoms in total. The van der Waals surface area contributed by atoms with Crippen LogP contribution in [0.2, 0.25) is 0 Å². The van der Waals surface area contributed by atoms with Crippen LogP contribution in [0.5, 0.6) is 0 Å². The number of carboxylic acids is 1. The summed E-state index contributed by atoms with van der Waals surface area (Å²) in [7, 11) is 0. The molecule has 0 atom stereocenters. The van der Waals surface area contributed by atoms with Crippen LogP contribution in [0.3, 0.4) is 0 Å². The Hall–Kier alpha value is -1.26. The number of carboxylic acid groups (broad SMARTS) is 1. The maximum atomic E-state index is 11.2. The minimum Gasteiger partial charge on any atom is -0.478 e. The molecule has 1 rings (SSSR count). The molecule has 0 heterocycles. The van der Waals surface area contributed by atoms with Gasteiger partial charge in [-0.1, -0.05) is 23.2 Å². The van der Waals surface area contributed by atoms with Crippen LogP contribution in [0.15, 0.2) is 24.3 Å². The van der Waals surface area contributed by atoms with Crippen molar-refractivity contribution < 1.29 is 19.4 Å². The molecule has 80 valence electrons. The monoisotopic (exact) mass is 248 g/mol. The molecule has 1 aromatic carbocycles. The van der Waals surface area contributed by atoms with Crippen LogP contribution in [0.1, 0.15) is 20.7 Å². The van der Waals surface area contributed by atoms with Crippen LogP contribution < -0.4 is 0 Å². The highest BCUT2D eigenvalue weighted by Crippen LogP contribution is 2.10. The smallest absolute Gasteiger partial charge is 0.340 e. The van der Waals surface area contributed by atoms with Crippen molar-refractivity contribution in [3.63, 3.8) is 0 Å². The van der Waals surface area contributed by atoms with E-state index in [0.717, 1.165) is 0 Å². The number of ether oxygens (including phenoxy) is 1.